The average Bonchev–Trinajstić information content (AvgIpc) is 2.67. The number of benzene rings is 2. The van der Waals surface area contributed by atoms with Gasteiger partial charge in [0.25, 0.3) is 11.8 Å². The summed E-state index contributed by atoms with van der Waals surface area (Å²) in [5.74, 6) is -0.566. The SMILES string of the molecule is CON(C)C(=O)[C@H](Cc1ccccc1)NC(=O)[C@@H]([NH3+])Cc1ccccc1.[Cl-]. The number of nitrogens with one attached hydrogen (secondary N) is 1. The number of hydrogen-bond acceptors (Lipinski definition) is 3. The molecule has 0 saturated carbocycles. The van der Waals surface area contributed by atoms with E-state index in [1.807, 2.05) is 60.7 Å². The molecule has 0 heterocycles. The van der Waals surface area contributed by atoms with E-state index in [4.69, 9.17) is 4.84 Å². The minimum Gasteiger partial charge on any atom is -1.00 e. The van der Waals surface area contributed by atoms with Crippen LogP contribution in [0.1, 0.15) is 11.1 Å². The van der Waals surface area contributed by atoms with E-state index in [1.165, 1.54) is 14.2 Å². The van der Waals surface area contributed by atoms with Gasteiger partial charge in [0.2, 0.25) is 0 Å². The molecule has 146 valence electrons. The maximum atomic E-state index is 12.6. The van der Waals surface area contributed by atoms with Crippen LogP contribution in [-0.2, 0) is 27.3 Å². The smallest absolute Gasteiger partial charge is 0.279 e. The first-order valence-corrected chi connectivity index (χ1v) is 8.54. The van der Waals surface area contributed by atoms with Crippen LogP contribution in [0, 0.1) is 0 Å². The predicted octanol–water partition coefficient (Wildman–Crippen LogP) is -2.41. The molecular weight excluding hydrogens is 366 g/mol. The van der Waals surface area contributed by atoms with E-state index >= 15 is 0 Å². The van der Waals surface area contributed by atoms with Gasteiger partial charge in [-0.3, -0.25) is 14.4 Å². The molecule has 6 nitrogen and oxygen atoms in total. The minimum absolute atomic E-state index is 0. The third-order valence-corrected chi connectivity index (χ3v) is 4.18. The first-order valence-electron chi connectivity index (χ1n) is 8.54. The van der Waals surface area contributed by atoms with Gasteiger partial charge in [-0.15, -0.1) is 0 Å². The van der Waals surface area contributed by atoms with Gasteiger partial charge in [-0.1, -0.05) is 60.7 Å². The van der Waals surface area contributed by atoms with Gasteiger partial charge >= 0.3 is 0 Å². The molecule has 0 unspecified atom stereocenters. The van der Waals surface area contributed by atoms with Crippen molar-refractivity contribution in [2.24, 2.45) is 0 Å². The van der Waals surface area contributed by atoms with Crippen molar-refractivity contribution >= 4 is 11.8 Å². The van der Waals surface area contributed by atoms with E-state index in [1.54, 1.807) is 0 Å². The van der Waals surface area contributed by atoms with Crippen molar-refractivity contribution in [3.8, 4) is 0 Å². The Morgan fingerprint density at radius 1 is 1.00 bits per heavy atom. The summed E-state index contributed by atoms with van der Waals surface area (Å²) in [6, 6.07) is 18.0. The molecule has 0 fully saturated rings. The number of quaternary nitrogens is 1. The summed E-state index contributed by atoms with van der Waals surface area (Å²) in [4.78, 5) is 30.1. The summed E-state index contributed by atoms with van der Waals surface area (Å²) < 4.78 is 0. The van der Waals surface area contributed by atoms with E-state index in [0.717, 1.165) is 16.2 Å². The molecule has 0 radical (unpaired) electrons. The molecule has 2 aromatic rings. The van der Waals surface area contributed by atoms with Crippen LogP contribution in [0.15, 0.2) is 60.7 Å². The molecule has 7 heteroatoms. The number of rotatable bonds is 8. The highest BCUT2D eigenvalue weighted by atomic mass is 35.5. The molecule has 0 aliphatic heterocycles. The highest BCUT2D eigenvalue weighted by Crippen LogP contribution is 2.07. The second kappa shape index (κ2) is 11.3. The van der Waals surface area contributed by atoms with E-state index in [2.05, 4.69) is 11.1 Å². The first-order chi connectivity index (χ1) is 12.5. The molecule has 2 amide bonds. The number of carbonyl (C=O) groups excluding carboxylic acids is 2. The Morgan fingerprint density at radius 2 is 1.48 bits per heavy atom. The Hall–Kier alpha value is -2.41. The van der Waals surface area contributed by atoms with Crippen molar-refractivity contribution in [3.63, 3.8) is 0 Å². The summed E-state index contributed by atoms with van der Waals surface area (Å²) in [5.41, 5.74) is 5.94. The topological polar surface area (TPSA) is 86.3 Å². The number of likely N-dealkylation sites (N-methyl/N-ethyl adjacent to an activating group) is 1. The van der Waals surface area contributed by atoms with Crippen LogP contribution in [0.5, 0.6) is 0 Å². The van der Waals surface area contributed by atoms with Crippen LogP contribution < -0.4 is 23.5 Å². The van der Waals surface area contributed by atoms with Crippen LogP contribution in [0.25, 0.3) is 0 Å². The molecule has 0 aliphatic rings. The van der Waals surface area contributed by atoms with E-state index in [9.17, 15) is 9.59 Å². The standard InChI is InChI=1S/C20H25N3O3.ClH/c1-23(26-2)20(25)18(14-16-11-7-4-8-12-16)22-19(24)17(21)13-15-9-5-3-6-10-15;/h3-12,17-18H,13-14,21H2,1-2H3,(H,22,24);1H/t17-,18-;/m0./s1. The molecule has 0 saturated heterocycles. The summed E-state index contributed by atoms with van der Waals surface area (Å²) in [7, 11) is 2.94. The van der Waals surface area contributed by atoms with E-state index < -0.39 is 12.1 Å². The second-order valence-electron chi connectivity index (χ2n) is 6.16. The number of hydroxylamine groups is 2. The van der Waals surface area contributed by atoms with Crippen molar-refractivity contribution < 1.29 is 32.6 Å². The highest BCUT2D eigenvalue weighted by molar-refractivity contribution is 5.89. The molecule has 0 spiro atoms. The fourth-order valence-corrected chi connectivity index (χ4v) is 2.64. The molecule has 2 rings (SSSR count). The lowest BCUT2D eigenvalue weighted by Gasteiger charge is -2.23. The second-order valence-corrected chi connectivity index (χ2v) is 6.16. The first kappa shape index (κ1) is 22.6. The molecule has 0 aromatic heterocycles. The van der Waals surface area contributed by atoms with E-state index in [0.29, 0.717) is 12.8 Å². The average molecular weight is 392 g/mol. The zero-order valence-electron chi connectivity index (χ0n) is 15.6. The molecular formula is C20H26ClN3O3. The molecule has 4 N–H and O–H groups in total. The Balaban J connectivity index is 0.00000364. The van der Waals surface area contributed by atoms with Gasteiger partial charge in [0.1, 0.15) is 6.04 Å². The Labute approximate surface area is 166 Å². The van der Waals surface area contributed by atoms with Gasteiger partial charge in [-0.05, 0) is 11.1 Å². The van der Waals surface area contributed by atoms with Crippen molar-refractivity contribution in [1.82, 2.24) is 10.4 Å². The largest absolute Gasteiger partial charge is 1.00 e. The van der Waals surface area contributed by atoms with Crippen molar-refractivity contribution in [2.45, 2.75) is 24.9 Å². The third-order valence-electron chi connectivity index (χ3n) is 4.18. The normalized spacial score (nSPS) is 12.4. The Kier molecular flexibility index (Phi) is 9.50. The Bertz CT molecular complexity index is 713. The van der Waals surface area contributed by atoms with Crippen molar-refractivity contribution in [3.05, 3.63) is 71.8 Å². The predicted molar refractivity (Wildman–Crippen MR) is 98.7 cm³/mol. The van der Waals surface area contributed by atoms with Gasteiger partial charge in [0, 0.05) is 19.9 Å². The van der Waals surface area contributed by atoms with Crippen LogP contribution >= 0.6 is 0 Å². The maximum Gasteiger partial charge on any atom is 0.279 e. The fraction of sp³-hybridized carbons (Fsp3) is 0.300. The van der Waals surface area contributed by atoms with Crippen LogP contribution in [0.4, 0.5) is 0 Å². The van der Waals surface area contributed by atoms with Gasteiger partial charge in [0.15, 0.2) is 6.04 Å². The zero-order chi connectivity index (χ0) is 18.9. The Morgan fingerprint density at radius 3 is 1.96 bits per heavy atom. The highest BCUT2D eigenvalue weighted by Gasteiger charge is 2.28. The summed E-state index contributed by atoms with van der Waals surface area (Å²) >= 11 is 0. The van der Waals surface area contributed by atoms with Crippen LogP contribution in [-0.4, -0.2) is 43.1 Å². The molecule has 2 atom stereocenters. The van der Waals surface area contributed by atoms with Crippen molar-refractivity contribution in [1.29, 1.82) is 0 Å². The number of hydrogen-bond donors (Lipinski definition) is 2. The van der Waals surface area contributed by atoms with Crippen LogP contribution in [0.2, 0.25) is 0 Å². The molecule has 2 aromatic carbocycles. The maximum absolute atomic E-state index is 12.6. The fourth-order valence-electron chi connectivity index (χ4n) is 2.64. The van der Waals surface area contributed by atoms with Gasteiger partial charge in [0.05, 0.1) is 7.11 Å². The van der Waals surface area contributed by atoms with Gasteiger partial charge < -0.3 is 23.5 Å². The van der Waals surface area contributed by atoms with E-state index in [-0.39, 0.29) is 24.2 Å². The van der Waals surface area contributed by atoms with Crippen molar-refractivity contribution in [2.75, 3.05) is 14.2 Å². The lowest BCUT2D eigenvalue weighted by atomic mass is 10.0. The summed E-state index contributed by atoms with van der Waals surface area (Å²) in [5, 5.41) is 3.96. The number of carbonyl (C=O) groups is 2. The quantitative estimate of drug-likeness (QED) is 0.491. The number of amides is 2. The summed E-state index contributed by atoms with van der Waals surface area (Å²) in [6.07, 6.45) is 0.899. The monoisotopic (exact) mass is 391 g/mol. The summed E-state index contributed by atoms with van der Waals surface area (Å²) in [6.45, 7) is 0. The van der Waals surface area contributed by atoms with Crippen LogP contribution in [0.3, 0.4) is 0 Å². The lowest BCUT2D eigenvalue weighted by molar-refractivity contribution is -0.403. The zero-order valence-corrected chi connectivity index (χ0v) is 16.4. The molecule has 0 aliphatic carbocycles. The number of halogens is 1. The number of nitrogens with zero attached hydrogens (tertiary/aromatic N) is 1. The molecule has 0 bridgehead atoms. The lowest BCUT2D eigenvalue weighted by Crippen LogP contribution is -3.00. The third kappa shape index (κ3) is 7.02. The van der Waals surface area contributed by atoms with Gasteiger partial charge in [-0.25, -0.2) is 5.06 Å². The minimum atomic E-state index is -0.713. The molecule has 27 heavy (non-hydrogen) atoms. The van der Waals surface area contributed by atoms with Gasteiger partial charge in [-0.2, -0.15) is 0 Å².